The summed E-state index contributed by atoms with van der Waals surface area (Å²) in [6, 6.07) is 9.41. The third-order valence-electron chi connectivity index (χ3n) is 28.7. The lowest BCUT2D eigenvalue weighted by Crippen LogP contribution is -2.82. The number of piperidine rings is 1. The monoisotopic (exact) mass is 2120 g/mol. The van der Waals surface area contributed by atoms with Crippen LogP contribution in [0.15, 0.2) is 108 Å². The molecular weight excluding hydrogens is 2000 g/mol. The number of para-hydroxylation sites is 1. The highest BCUT2D eigenvalue weighted by atomic mass is 33.1. The molecule has 150 heavy (non-hydrogen) atoms. The fourth-order valence-corrected chi connectivity index (χ4v) is 23.8. The second-order valence-corrected chi connectivity index (χ2v) is 40.6. The normalized spacial score (nSPS) is 22.6. The number of amides is 9. The third-order valence-corrected chi connectivity index (χ3v) is 31.1. The van der Waals surface area contributed by atoms with E-state index in [2.05, 4.69) is 98.7 Å². The maximum absolute atomic E-state index is 15.7. The largest absolute Gasteiger partial charge is 0.496 e. The van der Waals surface area contributed by atoms with Gasteiger partial charge in [-0.3, -0.25) is 78.2 Å². The van der Waals surface area contributed by atoms with Crippen LogP contribution in [0, 0.1) is 16.7 Å². The standard InChI is InChI=1S/C98H125N23O27S2/c1-7-94(144)42-51-43-97(90(142)147-6,75-57(29-35-120(46-51)49-94)56-15-9-10-16-60(56)109-75)59-37-58-68(41-69(59)146-5)119(4)87-96(58)31-36-121-34-14-30-95(8-2,86(96)121)88(140)98(87,145)89(141)117-118-93(143)148-47-50-19-25-55(26-20-50)150-149-48-67(85(138)139)114-82(134)66(40-73(127)128)113-80(132)62(18-13-33-104-91(99)100)110-79(131)61(17-11-12-32-103-78(130)64(102-3)38-71(123)124)111-81(133)65(39-72(125)126)108-70(122)28-27-63(84(136)137)112-77(129)52-21-23-53(24-22-52)105-44-54-45-106-76-74(107-54)83(135)116-92(101)115-76/h9-10,14-16,19-26,30,37,41,45,51,61-67,86-88,102,105,109,140,144-145H,7-8,11-13,17-18,27-29,31-36,38-40,42-44,46-49H2,1-6H3,(H,103,130)(H,108,122)(H,110,131)(H,111,133)(H,112,129)(H,113,132)(H,114,134)(H,117,141)(H,118,143)(H,123,124)(H,125,126)(H,127,128)(H,136,137)(H,138,139)(H4,99,100,104)(H3,101,106,115,116,135)/t51-,61-,62-,63-,64-,65-,66-,67-,86?,87?,88+,94-,95+,96?,97-,98-/m0/s1. The molecule has 50 nitrogen and oxygen atoms in total. The number of hydrogen-bond acceptors (Lipinski definition) is 35. The van der Waals surface area contributed by atoms with Gasteiger partial charge in [-0.15, -0.1) is 0 Å². The molecule has 17 atom stereocenters. The number of guanidine groups is 1. The number of carboxylic acids is 5. The number of carbonyl (C=O) groups is 15. The number of methoxy groups -OCH3 is 2. The van der Waals surface area contributed by atoms with E-state index in [1.165, 1.54) is 51.7 Å². The van der Waals surface area contributed by atoms with Crippen molar-refractivity contribution in [2.45, 2.75) is 217 Å². The minimum atomic E-state index is -2.72. The van der Waals surface area contributed by atoms with Gasteiger partial charge in [0, 0.05) is 125 Å². The first kappa shape index (κ1) is 112. The van der Waals surface area contributed by atoms with E-state index in [4.69, 9.17) is 31.1 Å². The number of carboxylic acid groups (broad SMARTS) is 5. The number of benzene rings is 4. The van der Waals surface area contributed by atoms with Crippen molar-refractivity contribution in [3.05, 3.63) is 142 Å². The van der Waals surface area contributed by atoms with Crippen LogP contribution in [0.25, 0.3) is 22.1 Å². The van der Waals surface area contributed by atoms with E-state index in [0.717, 1.165) is 38.1 Å². The van der Waals surface area contributed by atoms with Gasteiger partial charge in [-0.2, -0.15) is 9.97 Å². The minimum absolute atomic E-state index is 0.00699. The number of fused-ring (bicyclic) bond motifs is 7. The zero-order chi connectivity index (χ0) is 109. The highest BCUT2D eigenvalue weighted by Crippen LogP contribution is 2.68. The van der Waals surface area contributed by atoms with E-state index in [1.54, 1.807) is 36.2 Å². The Morgan fingerprint density at radius 2 is 1.33 bits per heavy atom. The maximum Gasteiger partial charge on any atom is 0.426 e. The number of hydrogen-bond donors (Lipinski definition) is 25. The lowest BCUT2D eigenvalue weighted by atomic mass is 9.47. The van der Waals surface area contributed by atoms with E-state index in [-0.39, 0.29) is 80.3 Å². The number of likely N-dealkylation sites (N-methyl/N-ethyl adjacent to an activating group) is 2. The Morgan fingerprint density at radius 3 is 1.98 bits per heavy atom. The molecular formula is C98H125N23O27S2. The fraction of sp³-hybridized carbons (Fsp3) is 0.490. The number of aliphatic carboxylic acids is 5. The zero-order valence-electron chi connectivity index (χ0n) is 83.0. The minimum Gasteiger partial charge on any atom is -0.496 e. The predicted molar refractivity (Wildman–Crippen MR) is 541 cm³/mol. The summed E-state index contributed by atoms with van der Waals surface area (Å²) >= 11 is 0. The summed E-state index contributed by atoms with van der Waals surface area (Å²) in [6.07, 6.45) is -0.977. The zero-order valence-corrected chi connectivity index (χ0v) is 84.7. The SMILES string of the molecule is CC[C@]1(O)C[C@@H]2CN(CCc3c([nH]c4ccccc34)[C@@](C(=O)OC)(c3cc4c(cc3OC)N(C)C3C45CCN4CC=C[C@](CC)(C45)[C@@H](O)[C@]3(O)C(=O)NNC(=O)OCc3ccc(SSC[C@H](NC(=O)[C@H](CC(=O)O)NC(=O)[C@H](CCCNC(=N)N)NC(=O)[C@H](CCCCNC(=O)[C@H](CC(=O)O)NC)NC(=O)[C@H](CC(=O)O)NC(=O)CC[C@H](NC(=O)c4ccc(NCc5cnc6nc(N)nc(O)c6n5)cc4)C(=O)O)C(=O)O)cc3)C2)C1. The van der Waals surface area contributed by atoms with Gasteiger partial charge in [0.1, 0.15) is 60.1 Å². The second kappa shape index (κ2) is 48.6. The Balaban J connectivity index is 0.639. The van der Waals surface area contributed by atoms with Crippen molar-refractivity contribution in [3.8, 4) is 11.6 Å². The molecule has 2 saturated heterocycles. The quantitative estimate of drug-likeness (QED) is 0.00464. The van der Waals surface area contributed by atoms with Gasteiger partial charge in [0.25, 0.3) is 11.8 Å². The lowest BCUT2D eigenvalue weighted by Gasteiger charge is -2.63. The number of aromatic hydroxyl groups is 1. The fourth-order valence-electron chi connectivity index (χ4n) is 21.6. The van der Waals surface area contributed by atoms with Gasteiger partial charge < -0.3 is 135 Å². The number of aliphatic hydroxyl groups is 3. The van der Waals surface area contributed by atoms with Crippen LogP contribution in [0.4, 0.5) is 22.1 Å². The number of nitrogens with zero attached hydrogens (tertiary/aromatic N) is 7. The van der Waals surface area contributed by atoms with Gasteiger partial charge >= 0.3 is 41.9 Å². The van der Waals surface area contributed by atoms with Crippen LogP contribution in [0.1, 0.15) is 154 Å². The van der Waals surface area contributed by atoms with Gasteiger partial charge in [0.15, 0.2) is 22.7 Å². The predicted octanol–water partition coefficient (Wildman–Crippen LogP) is 0.312. The average Bonchev–Trinajstić information content (AvgIpc) is 1.47. The molecule has 5 aliphatic heterocycles. The lowest BCUT2D eigenvalue weighted by molar-refractivity contribution is -0.204. The topological polar surface area (TPSA) is 763 Å². The first-order valence-electron chi connectivity index (χ1n) is 48.8. The molecule has 13 rings (SSSR count). The number of carbonyl (C=O) groups excluding carboxylic acids is 10. The smallest absolute Gasteiger partial charge is 0.426 e. The van der Waals surface area contributed by atoms with Crippen molar-refractivity contribution < 1.29 is 132 Å². The van der Waals surface area contributed by atoms with E-state index < -0.39 is 246 Å². The van der Waals surface area contributed by atoms with Crippen molar-refractivity contribution in [3.63, 3.8) is 0 Å². The molecule has 7 aromatic rings. The molecule has 27 N–H and O–H groups in total. The summed E-state index contributed by atoms with van der Waals surface area (Å²) in [4.78, 5) is 231. The van der Waals surface area contributed by atoms with Gasteiger partial charge in [-0.05, 0) is 162 Å². The molecule has 0 radical (unpaired) electrons. The van der Waals surface area contributed by atoms with E-state index >= 15 is 9.59 Å². The molecule has 4 aromatic carbocycles. The van der Waals surface area contributed by atoms with Crippen LogP contribution in [-0.4, -0.2) is 327 Å². The van der Waals surface area contributed by atoms with Crippen LogP contribution >= 0.6 is 21.6 Å². The van der Waals surface area contributed by atoms with Gasteiger partial charge in [-0.25, -0.2) is 29.8 Å². The van der Waals surface area contributed by atoms with Crippen LogP contribution in [0.2, 0.25) is 0 Å². The molecule has 1 saturated carbocycles. The Labute approximate surface area is 866 Å². The van der Waals surface area contributed by atoms with Crippen LogP contribution in [0.3, 0.4) is 0 Å². The molecule has 3 fully saturated rings. The number of aromatic nitrogens is 5. The van der Waals surface area contributed by atoms with Gasteiger partial charge in [0.2, 0.25) is 47.3 Å². The van der Waals surface area contributed by atoms with E-state index in [9.17, 15) is 108 Å². The highest BCUT2D eigenvalue weighted by molar-refractivity contribution is 8.76. The number of aromatic amines is 1. The summed E-state index contributed by atoms with van der Waals surface area (Å²) in [7, 11) is 7.88. The Morgan fingerprint density at radius 1 is 0.687 bits per heavy atom. The molecule has 2 bridgehead atoms. The molecule has 1 spiro atoms. The van der Waals surface area contributed by atoms with Gasteiger partial charge in [-0.1, -0.05) is 77.9 Å². The Bertz CT molecular complexity index is 6310. The number of esters is 1. The maximum atomic E-state index is 15.7. The number of nitrogens with one attached hydrogen (secondary N) is 14. The van der Waals surface area contributed by atoms with Crippen LogP contribution in [-0.2, 0) is 102 Å². The number of nitrogens with two attached hydrogens (primary N) is 2. The van der Waals surface area contributed by atoms with Crippen molar-refractivity contribution in [2.75, 3.05) is 95.8 Å². The number of hydrazine groups is 1. The summed E-state index contributed by atoms with van der Waals surface area (Å²) < 4.78 is 18.0. The first-order chi connectivity index (χ1) is 71.5. The van der Waals surface area contributed by atoms with Crippen molar-refractivity contribution in [1.82, 2.24) is 93.4 Å². The van der Waals surface area contributed by atoms with Crippen molar-refractivity contribution >= 4 is 156 Å². The molecule has 4 unspecified atom stereocenters. The third kappa shape index (κ3) is 25.0. The average molecular weight is 2120 g/mol. The molecule has 9 amide bonds. The Hall–Kier alpha value is -14.8. The van der Waals surface area contributed by atoms with E-state index in [0.29, 0.717) is 109 Å². The molecule has 52 heteroatoms. The summed E-state index contributed by atoms with van der Waals surface area (Å²) in [5, 5.41) is 132. The van der Waals surface area contributed by atoms with E-state index in [1.807, 2.05) is 62.4 Å². The summed E-state index contributed by atoms with van der Waals surface area (Å²) in [5.41, 5.74) is 13.1. The van der Waals surface area contributed by atoms with Crippen molar-refractivity contribution in [1.29, 1.82) is 5.41 Å². The number of unbranched alkanes of at least 4 members (excludes halogenated alkanes) is 1. The number of nitrogen functional groups attached to an aromatic ring is 1. The summed E-state index contributed by atoms with van der Waals surface area (Å²) in [5.74, 6) is -19.0. The number of aliphatic hydroxyl groups excluding tert-OH is 1. The molecule has 6 aliphatic rings. The molecule has 8 heterocycles. The highest BCUT2D eigenvalue weighted by Gasteiger charge is 2.79. The van der Waals surface area contributed by atoms with Gasteiger partial charge in [0.05, 0.1) is 69.6 Å². The number of rotatable bonds is 48. The summed E-state index contributed by atoms with van der Waals surface area (Å²) in [6.45, 7) is 5.81. The number of anilines is 3. The first-order valence-corrected chi connectivity index (χ1v) is 51.1. The van der Waals surface area contributed by atoms with Crippen molar-refractivity contribution in [2.24, 2.45) is 17.1 Å². The number of H-pyrrole nitrogens is 1. The second-order valence-electron chi connectivity index (χ2n) is 38.2. The molecule has 806 valence electrons. The number of ether oxygens (including phenoxy) is 3. The molecule has 3 aromatic heterocycles. The Kier molecular flexibility index (Phi) is 36.4. The van der Waals surface area contributed by atoms with Crippen LogP contribution < -0.4 is 85.1 Å². The van der Waals surface area contributed by atoms with Crippen LogP contribution in [0.5, 0.6) is 11.6 Å². The molecule has 1 aliphatic carbocycles.